The van der Waals surface area contributed by atoms with E-state index in [1.165, 1.54) is 32.1 Å². The van der Waals surface area contributed by atoms with E-state index in [2.05, 4.69) is 9.88 Å². The van der Waals surface area contributed by atoms with Gasteiger partial charge in [-0.25, -0.2) is 4.98 Å². The third kappa shape index (κ3) is 2.22. The third-order valence-corrected chi connectivity index (χ3v) is 5.78. The zero-order valence-electron chi connectivity index (χ0n) is 12.1. The van der Waals surface area contributed by atoms with Crippen LogP contribution in [0.3, 0.4) is 0 Å². The van der Waals surface area contributed by atoms with Crippen molar-refractivity contribution in [3.05, 3.63) is 11.1 Å². The van der Waals surface area contributed by atoms with E-state index in [-0.39, 0.29) is 0 Å². The van der Waals surface area contributed by atoms with E-state index in [9.17, 15) is 9.90 Å². The lowest BCUT2D eigenvalue weighted by molar-refractivity contribution is -0.142. The molecule has 1 aliphatic carbocycles. The summed E-state index contributed by atoms with van der Waals surface area (Å²) in [6.45, 7) is 4.52. The van der Waals surface area contributed by atoms with Crippen LogP contribution < -0.4 is 4.90 Å². The van der Waals surface area contributed by atoms with Crippen LogP contribution in [0.2, 0.25) is 0 Å². The van der Waals surface area contributed by atoms with E-state index < -0.39 is 11.4 Å². The van der Waals surface area contributed by atoms with Gasteiger partial charge in [-0.2, -0.15) is 0 Å². The zero-order chi connectivity index (χ0) is 14.3. The Morgan fingerprint density at radius 3 is 2.90 bits per heavy atom. The van der Waals surface area contributed by atoms with E-state index in [0.717, 1.165) is 17.6 Å². The molecule has 1 saturated heterocycles. The molecule has 4 nitrogen and oxygen atoms in total. The second-order valence-electron chi connectivity index (χ2n) is 6.54. The molecule has 2 aliphatic rings. The smallest absolute Gasteiger partial charge is 0.315 e. The van der Waals surface area contributed by atoms with Crippen LogP contribution in [0.4, 0.5) is 5.13 Å². The molecular formula is C15H22N2O2S. The molecule has 2 unspecified atom stereocenters. The van der Waals surface area contributed by atoms with Gasteiger partial charge in [-0.05, 0) is 45.4 Å². The Bertz CT molecular complexity index is 512. The molecule has 0 spiro atoms. The van der Waals surface area contributed by atoms with Crippen LogP contribution in [0.5, 0.6) is 0 Å². The average molecular weight is 294 g/mol. The number of aliphatic carboxylic acids is 1. The van der Waals surface area contributed by atoms with Gasteiger partial charge in [0.25, 0.3) is 0 Å². The highest BCUT2D eigenvalue weighted by Gasteiger charge is 2.38. The fourth-order valence-electron chi connectivity index (χ4n) is 3.48. The fraction of sp³-hybridized carbons (Fsp3) is 0.733. The van der Waals surface area contributed by atoms with Crippen molar-refractivity contribution >= 4 is 22.4 Å². The molecular weight excluding hydrogens is 272 g/mol. The van der Waals surface area contributed by atoms with E-state index in [1.54, 1.807) is 25.2 Å². The van der Waals surface area contributed by atoms with Crippen molar-refractivity contribution in [2.75, 3.05) is 11.4 Å². The van der Waals surface area contributed by atoms with Gasteiger partial charge >= 0.3 is 5.97 Å². The first kappa shape index (κ1) is 13.9. The number of piperidine rings is 1. The van der Waals surface area contributed by atoms with Gasteiger partial charge in [0.15, 0.2) is 5.13 Å². The van der Waals surface area contributed by atoms with Crippen LogP contribution in [0.1, 0.15) is 51.6 Å². The molecule has 5 heteroatoms. The maximum Gasteiger partial charge on any atom is 0.315 e. The van der Waals surface area contributed by atoms with Gasteiger partial charge in [0.05, 0.1) is 5.69 Å². The van der Waals surface area contributed by atoms with Crippen molar-refractivity contribution in [3.8, 4) is 0 Å². The predicted molar refractivity (Wildman–Crippen MR) is 80.5 cm³/mol. The first-order valence-corrected chi connectivity index (χ1v) is 8.34. The highest BCUT2D eigenvalue weighted by molar-refractivity contribution is 7.13. The molecule has 1 aromatic heterocycles. The summed E-state index contributed by atoms with van der Waals surface area (Å²) in [7, 11) is 0. The molecule has 1 N–H and O–H groups in total. The first-order chi connectivity index (χ1) is 9.50. The minimum absolute atomic E-state index is 0.635. The molecule has 0 amide bonds. The Balaban J connectivity index is 1.84. The lowest BCUT2D eigenvalue weighted by atomic mass is 9.90. The molecule has 0 radical (unpaired) electrons. The Morgan fingerprint density at radius 1 is 1.40 bits per heavy atom. The first-order valence-electron chi connectivity index (χ1n) is 7.46. The summed E-state index contributed by atoms with van der Waals surface area (Å²) in [5.74, 6) is 0.00956. The quantitative estimate of drug-likeness (QED) is 0.929. The average Bonchev–Trinajstić information content (AvgIpc) is 3.07. The van der Waals surface area contributed by atoms with Crippen molar-refractivity contribution in [3.63, 3.8) is 0 Å². The molecule has 1 aliphatic heterocycles. The summed E-state index contributed by atoms with van der Waals surface area (Å²) < 4.78 is 0. The van der Waals surface area contributed by atoms with Gasteiger partial charge in [-0.15, -0.1) is 11.3 Å². The molecule has 2 heterocycles. The highest BCUT2D eigenvalue weighted by Crippen LogP contribution is 2.40. The molecule has 0 bridgehead atoms. The molecule has 0 aromatic carbocycles. The number of fused-ring (bicyclic) bond motifs is 1. The summed E-state index contributed by atoms with van der Waals surface area (Å²) in [4.78, 5) is 18.4. The third-order valence-electron chi connectivity index (χ3n) is 4.91. The maximum absolute atomic E-state index is 11.3. The molecule has 20 heavy (non-hydrogen) atoms. The summed E-state index contributed by atoms with van der Waals surface area (Å²) in [6, 6.07) is 0.635. The van der Waals surface area contributed by atoms with E-state index >= 15 is 0 Å². The Labute approximate surface area is 123 Å². The minimum atomic E-state index is -0.903. The van der Waals surface area contributed by atoms with E-state index in [1.807, 2.05) is 5.38 Å². The monoisotopic (exact) mass is 294 g/mol. The number of carboxylic acid groups (broad SMARTS) is 1. The number of thiazole rings is 1. The molecule has 2 atom stereocenters. The van der Waals surface area contributed by atoms with Crippen molar-refractivity contribution < 1.29 is 9.90 Å². The van der Waals surface area contributed by atoms with Crippen molar-refractivity contribution in [2.24, 2.45) is 5.92 Å². The summed E-state index contributed by atoms with van der Waals surface area (Å²) in [6.07, 6.45) is 6.52. The Kier molecular flexibility index (Phi) is 3.48. The summed E-state index contributed by atoms with van der Waals surface area (Å²) >= 11 is 1.60. The maximum atomic E-state index is 11.3. The Morgan fingerprint density at radius 2 is 2.15 bits per heavy atom. The predicted octanol–water partition coefficient (Wildman–Crippen LogP) is 3.27. The van der Waals surface area contributed by atoms with Gasteiger partial charge in [0, 0.05) is 18.0 Å². The standard InChI is InChI=1S/C15H22N2O2S/c1-15(2,13(18)19)12-9-20-14(16-12)17-8-4-6-10-5-3-7-11(10)17/h9-11H,3-8H2,1-2H3,(H,18,19). The molecule has 110 valence electrons. The molecule has 3 rings (SSSR count). The number of carbonyl (C=O) groups is 1. The normalized spacial score (nSPS) is 26.6. The van der Waals surface area contributed by atoms with E-state index in [4.69, 9.17) is 0 Å². The van der Waals surface area contributed by atoms with Gasteiger partial charge in [0.2, 0.25) is 0 Å². The van der Waals surface area contributed by atoms with Crippen molar-refractivity contribution in [1.82, 2.24) is 4.98 Å². The van der Waals surface area contributed by atoms with Gasteiger partial charge in [-0.1, -0.05) is 6.42 Å². The lowest BCUT2D eigenvalue weighted by Crippen LogP contribution is -2.42. The zero-order valence-corrected chi connectivity index (χ0v) is 12.9. The molecule has 1 aromatic rings. The van der Waals surface area contributed by atoms with Gasteiger partial charge < -0.3 is 10.0 Å². The molecule has 2 fully saturated rings. The number of nitrogens with zero attached hydrogens (tertiary/aromatic N) is 2. The van der Waals surface area contributed by atoms with Crippen LogP contribution in [-0.4, -0.2) is 28.6 Å². The largest absolute Gasteiger partial charge is 0.481 e. The second kappa shape index (κ2) is 5.02. The lowest BCUT2D eigenvalue weighted by Gasteiger charge is -2.37. The van der Waals surface area contributed by atoms with Crippen LogP contribution in [0, 0.1) is 5.92 Å². The summed E-state index contributed by atoms with van der Waals surface area (Å²) in [5, 5.41) is 12.3. The Hall–Kier alpha value is -1.10. The van der Waals surface area contributed by atoms with Crippen LogP contribution in [0.25, 0.3) is 0 Å². The van der Waals surface area contributed by atoms with Crippen LogP contribution in [-0.2, 0) is 10.2 Å². The van der Waals surface area contributed by atoms with Crippen LogP contribution >= 0.6 is 11.3 Å². The number of aromatic nitrogens is 1. The number of rotatable bonds is 3. The number of carboxylic acids is 1. The second-order valence-corrected chi connectivity index (χ2v) is 7.38. The van der Waals surface area contributed by atoms with Crippen LogP contribution in [0.15, 0.2) is 5.38 Å². The minimum Gasteiger partial charge on any atom is -0.481 e. The fourth-order valence-corrected chi connectivity index (χ4v) is 4.56. The van der Waals surface area contributed by atoms with Gasteiger partial charge in [0.1, 0.15) is 5.41 Å². The highest BCUT2D eigenvalue weighted by atomic mass is 32.1. The summed E-state index contributed by atoms with van der Waals surface area (Å²) in [5.41, 5.74) is -0.218. The van der Waals surface area contributed by atoms with Crippen molar-refractivity contribution in [2.45, 2.75) is 57.4 Å². The number of hydrogen-bond acceptors (Lipinski definition) is 4. The van der Waals surface area contributed by atoms with Gasteiger partial charge in [-0.3, -0.25) is 4.79 Å². The van der Waals surface area contributed by atoms with Crippen molar-refractivity contribution in [1.29, 1.82) is 0 Å². The number of hydrogen-bond donors (Lipinski definition) is 1. The SMILES string of the molecule is CC(C)(C(=O)O)c1csc(N2CCCC3CCCC32)n1. The molecule has 1 saturated carbocycles. The van der Waals surface area contributed by atoms with E-state index in [0.29, 0.717) is 11.7 Å². The topological polar surface area (TPSA) is 53.4 Å². The number of anilines is 1.